The molecule has 5 heteroatoms. The predicted molar refractivity (Wildman–Crippen MR) is 77.6 cm³/mol. The topological polar surface area (TPSA) is 17.1 Å². The molecule has 0 heterocycles. The van der Waals surface area contributed by atoms with Crippen molar-refractivity contribution in [1.82, 2.24) is 0 Å². The molecule has 0 aromatic heterocycles. The number of hydrogen-bond donors (Lipinski definition) is 0. The van der Waals surface area contributed by atoms with E-state index in [1.807, 2.05) is 31.2 Å². The van der Waals surface area contributed by atoms with E-state index in [9.17, 15) is 17.4 Å². The van der Waals surface area contributed by atoms with Gasteiger partial charge in [0.05, 0.1) is 16.4 Å². The number of benzene rings is 2. The third kappa shape index (κ3) is 4.43. The summed E-state index contributed by atoms with van der Waals surface area (Å²) < 4.78 is 49.4. The third-order valence-electron chi connectivity index (χ3n) is 3.14. The predicted octanol–water partition coefficient (Wildman–Crippen LogP) is 4.36. The van der Waals surface area contributed by atoms with Gasteiger partial charge in [0, 0.05) is 10.6 Å². The van der Waals surface area contributed by atoms with Crippen molar-refractivity contribution in [1.29, 1.82) is 0 Å². The molecule has 2 rings (SSSR count). The Morgan fingerprint density at radius 1 is 0.952 bits per heavy atom. The van der Waals surface area contributed by atoms with E-state index in [0.29, 0.717) is 12.2 Å². The number of halogens is 3. The van der Waals surface area contributed by atoms with Gasteiger partial charge in [-0.05, 0) is 43.2 Å². The Morgan fingerprint density at radius 3 is 2.05 bits per heavy atom. The molecule has 1 unspecified atom stereocenters. The van der Waals surface area contributed by atoms with E-state index in [0.717, 1.165) is 28.2 Å². The summed E-state index contributed by atoms with van der Waals surface area (Å²) in [5.74, 6) is 0.397. The van der Waals surface area contributed by atoms with Gasteiger partial charge in [0.2, 0.25) is 0 Å². The molecule has 0 aliphatic heterocycles. The van der Waals surface area contributed by atoms with Gasteiger partial charge in [0.1, 0.15) is 0 Å². The summed E-state index contributed by atoms with van der Waals surface area (Å²) in [6, 6.07) is 12.4. The highest BCUT2D eigenvalue weighted by atomic mass is 32.2. The lowest BCUT2D eigenvalue weighted by Crippen LogP contribution is -2.05. The maximum absolute atomic E-state index is 12.4. The molecule has 21 heavy (non-hydrogen) atoms. The Bertz CT molecular complexity index is 615. The van der Waals surface area contributed by atoms with Gasteiger partial charge in [0.25, 0.3) is 0 Å². The Labute approximate surface area is 124 Å². The molecule has 0 radical (unpaired) electrons. The van der Waals surface area contributed by atoms with Crippen LogP contribution in [0.4, 0.5) is 13.2 Å². The molecule has 0 spiro atoms. The molecule has 0 bridgehead atoms. The SMILES string of the molecule is Cc1ccc(S(=O)CCc2ccc(C(F)(F)F)cc2)cc1. The van der Waals surface area contributed by atoms with Crippen molar-refractivity contribution in [3.05, 3.63) is 65.2 Å². The Balaban J connectivity index is 1.97. The molecule has 1 atom stereocenters. The van der Waals surface area contributed by atoms with Crippen LogP contribution >= 0.6 is 0 Å². The standard InChI is InChI=1S/C16H15F3OS/c1-12-2-8-15(9-3-12)21(20)11-10-13-4-6-14(7-5-13)16(17,18)19/h2-9H,10-11H2,1H3. The highest BCUT2D eigenvalue weighted by Gasteiger charge is 2.29. The average Bonchev–Trinajstić information content (AvgIpc) is 2.45. The Kier molecular flexibility index (Phi) is 4.83. The normalized spacial score (nSPS) is 13.1. The molecule has 0 aliphatic rings. The summed E-state index contributed by atoms with van der Waals surface area (Å²) in [5, 5.41) is 0. The second-order valence-electron chi connectivity index (χ2n) is 4.81. The monoisotopic (exact) mass is 312 g/mol. The summed E-state index contributed by atoms with van der Waals surface area (Å²) in [4.78, 5) is 0.743. The van der Waals surface area contributed by atoms with E-state index in [1.54, 1.807) is 0 Å². The van der Waals surface area contributed by atoms with Crippen LogP contribution in [-0.2, 0) is 23.4 Å². The van der Waals surface area contributed by atoms with Crippen molar-refractivity contribution in [2.75, 3.05) is 5.75 Å². The van der Waals surface area contributed by atoms with Crippen LogP contribution in [0.1, 0.15) is 16.7 Å². The van der Waals surface area contributed by atoms with E-state index in [1.165, 1.54) is 12.1 Å². The molecule has 0 aliphatic carbocycles. The van der Waals surface area contributed by atoms with Crippen LogP contribution in [0.2, 0.25) is 0 Å². The summed E-state index contributed by atoms with van der Waals surface area (Å²) in [6.45, 7) is 1.95. The van der Waals surface area contributed by atoms with Gasteiger partial charge in [-0.15, -0.1) is 0 Å². The number of alkyl halides is 3. The van der Waals surface area contributed by atoms with Crippen molar-refractivity contribution in [3.63, 3.8) is 0 Å². The average molecular weight is 312 g/mol. The first-order valence-electron chi connectivity index (χ1n) is 6.47. The van der Waals surface area contributed by atoms with Crippen LogP contribution in [-0.4, -0.2) is 9.96 Å². The second kappa shape index (κ2) is 6.43. The summed E-state index contributed by atoms with van der Waals surface area (Å²) >= 11 is 0. The van der Waals surface area contributed by atoms with Crippen LogP contribution < -0.4 is 0 Å². The van der Waals surface area contributed by atoms with Crippen molar-refractivity contribution >= 4 is 10.8 Å². The lowest BCUT2D eigenvalue weighted by Gasteiger charge is -2.07. The lowest BCUT2D eigenvalue weighted by atomic mass is 10.1. The zero-order valence-electron chi connectivity index (χ0n) is 11.5. The van der Waals surface area contributed by atoms with Crippen LogP contribution in [0, 0.1) is 6.92 Å². The van der Waals surface area contributed by atoms with Gasteiger partial charge in [0.15, 0.2) is 0 Å². The minimum atomic E-state index is -4.32. The van der Waals surface area contributed by atoms with Crippen molar-refractivity contribution in [2.24, 2.45) is 0 Å². The molecule has 0 N–H and O–H groups in total. The fourth-order valence-corrected chi connectivity index (χ4v) is 2.98. The maximum atomic E-state index is 12.4. The van der Waals surface area contributed by atoms with Crippen LogP contribution in [0.25, 0.3) is 0 Å². The largest absolute Gasteiger partial charge is 0.416 e. The maximum Gasteiger partial charge on any atom is 0.416 e. The zero-order chi connectivity index (χ0) is 15.5. The van der Waals surface area contributed by atoms with Crippen molar-refractivity contribution in [3.8, 4) is 0 Å². The third-order valence-corrected chi connectivity index (χ3v) is 4.51. The number of hydrogen-bond acceptors (Lipinski definition) is 1. The Hall–Kier alpha value is -1.62. The first-order valence-corrected chi connectivity index (χ1v) is 7.79. The molecule has 2 aromatic carbocycles. The minimum absolute atomic E-state index is 0.397. The van der Waals surface area contributed by atoms with Crippen molar-refractivity contribution < 1.29 is 17.4 Å². The van der Waals surface area contributed by atoms with Crippen LogP contribution in [0.15, 0.2) is 53.4 Å². The van der Waals surface area contributed by atoms with E-state index in [2.05, 4.69) is 0 Å². The fourth-order valence-electron chi connectivity index (χ4n) is 1.88. The van der Waals surface area contributed by atoms with Gasteiger partial charge >= 0.3 is 6.18 Å². The van der Waals surface area contributed by atoms with Crippen molar-refractivity contribution in [2.45, 2.75) is 24.4 Å². The molecule has 0 amide bonds. The number of rotatable bonds is 4. The molecule has 2 aromatic rings. The molecule has 0 saturated carbocycles. The highest BCUT2D eigenvalue weighted by molar-refractivity contribution is 7.85. The molecule has 0 saturated heterocycles. The second-order valence-corrected chi connectivity index (χ2v) is 6.38. The molecule has 112 valence electrons. The molecular formula is C16H15F3OS. The van der Waals surface area contributed by atoms with E-state index < -0.39 is 22.5 Å². The number of aryl methyl sites for hydroxylation is 2. The molecule has 1 nitrogen and oxygen atoms in total. The smallest absolute Gasteiger partial charge is 0.254 e. The first-order chi connectivity index (χ1) is 9.86. The minimum Gasteiger partial charge on any atom is -0.254 e. The van der Waals surface area contributed by atoms with Gasteiger partial charge in [-0.2, -0.15) is 13.2 Å². The summed E-state index contributed by atoms with van der Waals surface area (Å²) in [7, 11) is -1.14. The van der Waals surface area contributed by atoms with E-state index in [-0.39, 0.29) is 0 Å². The van der Waals surface area contributed by atoms with E-state index in [4.69, 9.17) is 0 Å². The van der Waals surface area contributed by atoms with Crippen LogP contribution in [0.3, 0.4) is 0 Å². The van der Waals surface area contributed by atoms with Gasteiger partial charge in [-0.3, -0.25) is 4.21 Å². The summed E-state index contributed by atoms with van der Waals surface area (Å²) in [6.07, 6.45) is -3.83. The quantitative estimate of drug-likeness (QED) is 0.819. The van der Waals surface area contributed by atoms with Gasteiger partial charge in [-0.25, -0.2) is 0 Å². The lowest BCUT2D eigenvalue weighted by molar-refractivity contribution is -0.137. The highest BCUT2D eigenvalue weighted by Crippen LogP contribution is 2.29. The molecular weight excluding hydrogens is 297 g/mol. The van der Waals surface area contributed by atoms with Gasteiger partial charge < -0.3 is 0 Å². The molecule has 0 fully saturated rings. The zero-order valence-corrected chi connectivity index (χ0v) is 12.3. The van der Waals surface area contributed by atoms with E-state index >= 15 is 0 Å². The summed E-state index contributed by atoms with van der Waals surface area (Å²) in [5.41, 5.74) is 1.19. The Morgan fingerprint density at radius 2 is 1.52 bits per heavy atom. The van der Waals surface area contributed by atoms with Gasteiger partial charge in [-0.1, -0.05) is 29.8 Å². The first kappa shape index (κ1) is 15.8. The van der Waals surface area contributed by atoms with Crippen LogP contribution in [0.5, 0.6) is 0 Å². The fraction of sp³-hybridized carbons (Fsp3) is 0.250.